The summed E-state index contributed by atoms with van der Waals surface area (Å²) in [6.07, 6.45) is 2.57. The molecule has 2 rings (SSSR count). The number of unbranched alkanes of at least 4 members (excludes halogenated alkanes) is 1. The Hall–Kier alpha value is -3.87. The predicted molar refractivity (Wildman–Crippen MR) is 174 cm³/mol. The molecule has 3 amide bonds. The first-order valence-corrected chi connectivity index (χ1v) is 15.7. The number of benzene rings is 2. The summed E-state index contributed by atoms with van der Waals surface area (Å²) in [5, 5.41) is 25.9. The van der Waals surface area contributed by atoms with Gasteiger partial charge in [0.25, 0.3) is 11.8 Å². The van der Waals surface area contributed by atoms with Crippen LogP contribution in [0.1, 0.15) is 99.1 Å². The standard InChI is InChI=1S/C35H50N4O5/c1-7-11-19-39(37-33(42)25(5)6)24-32(41)31(22-26-13-15-30(40)16-14-26)36-34(43)28-20-27(12-8-2)21-29(23-28)35(44)38(17-9-3)18-10-4/h13-16,20-21,23,25,31-32,40-41H,7,9-11,17-19,22,24H2,1-6H3,(H,36,43)(H,37,42). The Morgan fingerprint density at radius 1 is 0.909 bits per heavy atom. The normalized spacial score (nSPS) is 12.3. The summed E-state index contributed by atoms with van der Waals surface area (Å²) < 4.78 is 0. The molecule has 9 nitrogen and oxygen atoms in total. The summed E-state index contributed by atoms with van der Waals surface area (Å²) in [4.78, 5) is 41.5. The van der Waals surface area contributed by atoms with Gasteiger partial charge < -0.3 is 20.4 Å². The average molecular weight is 607 g/mol. The number of amides is 3. The second-order valence-electron chi connectivity index (χ2n) is 11.4. The molecule has 2 unspecified atom stereocenters. The molecule has 2 aromatic carbocycles. The topological polar surface area (TPSA) is 122 Å². The van der Waals surface area contributed by atoms with E-state index in [1.54, 1.807) is 73.1 Å². The van der Waals surface area contributed by atoms with E-state index in [1.165, 1.54) is 0 Å². The lowest BCUT2D eigenvalue weighted by molar-refractivity contribution is -0.129. The van der Waals surface area contributed by atoms with Gasteiger partial charge >= 0.3 is 0 Å². The first kappa shape index (κ1) is 36.3. The van der Waals surface area contributed by atoms with Crippen LogP contribution in [0.4, 0.5) is 0 Å². The summed E-state index contributed by atoms with van der Waals surface area (Å²) in [5.41, 5.74) is 4.90. The number of aromatic hydroxyl groups is 1. The van der Waals surface area contributed by atoms with E-state index in [0.29, 0.717) is 30.8 Å². The van der Waals surface area contributed by atoms with Crippen molar-refractivity contribution in [1.82, 2.24) is 20.7 Å². The van der Waals surface area contributed by atoms with Gasteiger partial charge in [0.15, 0.2) is 0 Å². The smallest absolute Gasteiger partial charge is 0.253 e. The lowest BCUT2D eigenvalue weighted by atomic mass is 9.99. The van der Waals surface area contributed by atoms with Gasteiger partial charge in [-0.2, -0.15) is 0 Å². The SMILES string of the molecule is CC#Cc1cc(C(=O)NC(Cc2ccc(O)cc2)C(O)CN(CCCC)NC(=O)C(C)C)cc(C(=O)N(CCC)CCC)c1. The van der Waals surface area contributed by atoms with Crippen molar-refractivity contribution < 1.29 is 24.6 Å². The maximum atomic E-state index is 13.8. The average Bonchev–Trinajstić information content (AvgIpc) is 2.99. The van der Waals surface area contributed by atoms with E-state index in [-0.39, 0.29) is 42.0 Å². The van der Waals surface area contributed by atoms with Crippen molar-refractivity contribution in [2.24, 2.45) is 5.92 Å². The van der Waals surface area contributed by atoms with Gasteiger partial charge in [-0.3, -0.25) is 19.8 Å². The minimum atomic E-state index is -1.05. The van der Waals surface area contributed by atoms with Crippen molar-refractivity contribution >= 4 is 17.7 Å². The van der Waals surface area contributed by atoms with Crippen LogP contribution in [-0.4, -0.2) is 76.2 Å². The first-order valence-electron chi connectivity index (χ1n) is 15.7. The molecule has 0 bridgehead atoms. The number of phenolic OH excluding ortho intramolecular Hbond substituents is 1. The molecule has 0 aromatic heterocycles. The van der Waals surface area contributed by atoms with Gasteiger partial charge in [0.05, 0.1) is 12.1 Å². The maximum absolute atomic E-state index is 13.8. The number of hydrogen-bond acceptors (Lipinski definition) is 6. The van der Waals surface area contributed by atoms with Crippen molar-refractivity contribution in [1.29, 1.82) is 0 Å². The quantitative estimate of drug-likeness (QED) is 0.155. The van der Waals surface area contributed by atoms with Crippen LogP contribution in [0, 0.1) is 17.8 Å². The number of carbonyl (C=O) groups is 3. The number of hydrazine groups is 1. The third-order valence-electron chi connectivity index (χ3n) is 7.14. The summed E-state index contributed by atoms with van der Waals surface area (Å²) >= 11 is 0. The van der Waals surface area contributed by atoms with E-state index >= 15 is 0 Å². The van der Waals surface area contributed by atoms with Crippen LogP contribution < -0.4 is 10.7 Å². The second-order valence-corrected chi connectivity index (χ2v) is 11.4. The molecule has 44 heavy (non-hydrogen) atoms. The third kappa shape index (κ3) is 11.7. The molecule has 2 aromatic rings. The first-order chi connectivity index (χ1) is 21.0. The zero-order valence-corrected chi connectivity index (χ0v) is 27.2. The molecule has 240 valence electrons. The van der Waals surface area contributed by atoms with Gasteiger partial charge in [0.1, 0.15) is 5.75 Å². The minimum absolute atomic E-state index is 0.0928. The van der Waals surface area contributed by atoms with Crippen molar-refractivity contribution in [2.75, 3.05) is 26.2 Å². The summed E-state index contributed by atoms with van der Waals surface area (Å²) in [7, 11) is 0. The molecule has 0 saturated heterocycles. The number of phenols is 1. The van der Waals surface area contributed by atoms with Crippen LogP contribution in [0.5, 0.6) is 5.75 Å². The van der Waals surface area contributed by atoms with E-state index in [0.717, 1.165) is 31.2 Å². The Bertz CT molecular complexity index is 1280. The van der Waals surface area contributed by atoms with Crippen LogP contribution in [0.3, 0.4) is 0 Å². The molecule has 0 saturated carbocycles. The molecule has 0 aliphatic carbocycles. The highest BCUT2D eigenvalue weighted by Crippen LogP contribution is 2.17. The van der Waals surface area contributed by atoms with Gasteiger partial charge in [0, 0.05) is 48.8 Å². The predicted octanol–water partition coefficient (Wildman–Crippen LogP) is 4.52. The van der Waals surface area contributed by atoms with Crippen molar-refractivity contribution in [2.45, 2.75) is 85.8 Å². The van der Waals surface area contributed by atoms with E-state index in [1.807, 2.05) is 20.8 Å². The number of hydrogen-bond donors (Lipinski definition) is 4. The highest BCUT2D eigenvalue weighted by molar-refractivity contribution is 6.00. The molecule has 0 heterocycles. The molecule has 4 N–H and O–H groups in total. The van der Waals surface area contributed by atoms with Gasteiger partial charge in [-0.1, -0.05) is 59.1 Å². The fourth-order valence-corrected chi connectivity index (χ4v) is 4.74. The second kappa shape index (κ2) is 18.7. The zero-order chi connectivity index (χ0) is 32.6. The van der Waals surface area contributed by atoms with Crippen LogP contribution in [0.25, 0.3) is 0 Å². The highest BCUT2D eigenvalue weighted by atomic mass is 16.3. The monoisotopic (exact) mass is 606 g/mol. The van der Waals surface area contributed by atoms with Gasteiger partial charge in [-0.05, 0) is 68.5 Å². The van der Waals surface area contributed by atoms with Crippen LogP contribution in [0.15, 0.2) is 42.5 Å². The number of nitrogens with zero attached hydrogens (tertiary/aromatic N) is 2. The Labute approximate surface area is 263 Å². The van der Waals surface area contributed by atoms with Crippen LogP contribution in [-0.2, 0) is 11.2 Å². The van der Waals surface area contributed by atoms with Crippen molar-refractivity contribution in [3.63, 3.8) is 0 Å². The number of carbonyl (C=O) groups excluding carboxylic acids is 3. The lowest BCUT2D eigenvalue weighted by Crippen LogP contribution is -2.54. The van der Waals surface area contributed by atoms with E-state index in [4.69, 9.17) is 0 Å². The summed E-state index contributed by atoms with van der Waals surface area (Å²) in [6.45, 7) is 13.2. The van der Waals surface area contributed by atoms with E-state index in [9.17, 15) is 24.6 Å². The molecule has 9 heteroatoms. The van der Waals surface area contributed by atoms with Crippen molar-refractivity contribution in [3.05, 3.63) is 64.7 Å². The fraction of sp³-hybridized carbons (Fsp3) is 0.514. The number of aliphatic hydroxyl groups is 1. The summed E-state index contributed by atoms with van der Waals surface area (Å²) in [6, 6.07) is 10.8. The Morgan fingerprint density at radius 3 is 2.11 bits per heavy atom. The molecule has 0 aliphatic rings. The number of rotatable bonds is 17. The molecule has 0 fully saturated rings. The lowest BCUT2D eigenvalue weighted by Gasteiger charge is -2.31. The molecular weight excluding hydrogens is 556 g/mol. The third-order valence-corrected chi connectivity index (χ3v) is 7.14. The van der Waals surface area contributed by atoms with E-state index in [2.05, 4.69) is 22.6 Å². The van der Waals surface area contributed by atoms with Gasteiger partial charge in [-0.15, -0.1) is 5.92 Å². The number of aliphatic hydroxyl groups excluding tert-OH is 1. The van der Waals surface area contributed by atoms with Crippen molar-refractivity contribution in [3.8, 4) is 17.6 Å². The minimum Gasteiger partial charge on any atom is -0.508 e. The van der Waals surface area contributed by atoms with E-state index < -0.39 is 18.1 Å². The highest BCUT2D eigenvalue weighted by Gasteiger charge is 2.27. The van der Waals surface area contributed by atoms with Crippen LogP contribution >= 0.6 is 0 Å². The maximum Gasteiger partial charge on any atom is 0.253 e. The molecule has 0 aliphatic heterocycles. The number of nitrogens with one attached hydrogen (secondary N) is 2. The molecule has 2 atom stereocenters. The largest absolute Gasteiger partial charge is 0.508 e. The molecule has 0 radical (unpaired) electrons. The Morgan fingerprint density at radius 2 is 1.55 bits per heavy atom. The van der Waals surface area contributed by atoms with Gasteiger partial charge in [-0.25, -0.2) is 5.01 Å². The van der Waals surface area contributed by atoms with Crippen LogP contribution in [0.2, 0.25) is 0 Å². The Kier molecular flexibility index (Phi) is 15.5. The van der Waals surface area contributed by atoms with Gasteiger partial charge in [0.2, 0.25) is 5.91 Å². The molecular formula is C35H50N4O5. The Balaban J connectivity index is 2.43. The fourth-order valence-electron chi connectivity index (χ4n) is 4.74. The zero-order valence-electron chi connectivity index (χ0n) is 27.2. The molecule has 0 spiro atoms. The summed E-state index contributed by atoms with van der Waals surface area (Å²) in [5.74, 6) is 4.94.